The molecule has 1 heterocycles. The zero-order valence-corrected chi connectivity index (χ0v) is 11.9. The lowest BCUT2D eigenvalue weighted by Crippen LogP contribution is -3.00. The third-order valence-electron chi connectivity index (χ3n) is 2.36. The van der Waals surface area contributed by atoms with Crippen molar-refractivity contribution in [3.8, 4) is 0 Å². The topological polar surface area (TPSA) is 3.88 Å². The van der Waals surface area contributed by atoms with Crippen LogP contribution in [-0.4, -0.2) is 6.67 Å². The predicted octanol–water partition coefficient (Wildman–Crippen LogP) is -0.285. The lowest BCUT2D eigenvalue weighted by molar-refractivity contribution is -0.704. The molecule has 0 spiro atoms. The zero-order valence-electron chi connectivity index (χ0n) is 8.94. The van der Waals surface area contributed by atoms with Crippen molar-refractivity contribution in [3.05, 3.63) is 15.6 Å². The van der Waals surface area contributed by atoms with E-state index >= 15 is 0 Å². The summed E-state index contributed by atoms with van der Waals surface area (Å²) in [6.45, 7) is 7.17. The van der Waals surface area contributed by atoms with Crippen LogP contribution in [0.4, 0.5) is 4.39 Å². The zero-order chi connectivity index (χ0) is 9.84. The maximum Gasteiger partial charge on any atom is 0.234 e. The summed E-state index contributed by atoms with van der Waals surface area (Å²) in [7, 11) is 0. The Morgan fingerprint density at radius 3 is 2.29 bits per heavy atom. The minimum atomic E-state index is -0.193. The average Bonchev–Trinajstić information content (AvgIpc) is 2.32. The molecule has 1 rings (SSSR count). The molecule has 0 aliphatic carbocycles. The third-order valence-corrected chi connectivity index (χ3v) is 3.48. The maximum atomic E-state index is 11.9. The van der Waals surface area contributed by atoms with Crippen molar-refractivity contribution in [2.75, 3.05) is 6.67 Å². The minimum absolute atomic E-state index is 0. The van der Waals surface area contributed by atoms with Gasteiger partial charge in [0.2, 0.25) is 5.01 Å². The Morgan fingerprint density at radius 2 is 1.86 bits per heavy atom. The Labute approximate surface area is 106 Å². The Bertz CT molecular complexity index is 286. The van der Waals surface area contributed by atoms with Gasteiger partial charge < -0.3 is 24.0 Å². The van der Waals surface area contributed by atoms with Crippen LogP contribution in [0, 0.1) is 20.8 Å². The number of rotatable bonds is 4. The van der Waals surface area contributed by atoms with Crippen molar-refractivity contribution in [2.45, 2.75) is 40.2 Å². The van der Waals surface area contributed by atoms with E-state index in [-0.39, 0.29) is 30.7 Å². The number of nitrogens with zero attached hydrogens (tertiary/aromatic N) is 1. The summed E-state index contributed by atoms with van der Waals surface area (Å²) in [6.07, 6.45) is 1.62. The second-order valence-electron chi connectivity index (χ2n) is 3.31. The quantitative estimate of drug-likeness (QED) is 0.406. The number of thiazole rings is 1. The molecule has 0 aliphatic rings. The molecular weight excluding hydrogens is 312 g/mol. The summed E-state index contributed by atoms with van der Waals surface area (Å²) in [5.41, 5.74) is 1.33. The van der Waals surface area contributed by atoms with Crippen molar-refractivity contribution in [1.29, 1.82) is 0 Å². The van der Waals surface area contributed by atoms with Crippen molar-refractivity contribution in [1.82, 2.24) is 0 Å². The monoisotopic (exact) mass is 329 g/mol. The lowest BCUT2D eigenvalue weighted by Gasteiger charge is -1.95. The normalized spacial score (nSPS) is 10.0. The number of aromatic nitrogens is 1. The van der Waals surface area contributed by atoms with Gasteiger partial charge in [-0.1, -0.05) is 11.3 Å². The third kappa shape index (κ3) is 3.46. The molecular formula is C10H17FINS. The molecule has 0 aromatic carbocycles. The molecule has 0 atom stereocenters. The maximum absolute atomic E-state index is 11.9. The molecule has 0 bridgehead atoms. The van der Waals surface area contributed by atoms with Crippen LogP contribution in [0.5, 0.6) is 0 Å². The molecule has 0 amide bonds. The van der Waals surface area contributed by atoms with Gasteiger partial charge >= 0.3 is 0 Å². The molecule has 0 N–H and O–H groups in total. The molecule has 82 valence electrons. The fraction of sp³-hybridized carbons (Fsp3) is 0.700. The van der Waals surface area contributed by atoms with Crippen LogP contribution in [0.15, 0.2) is 0 Å². The highest BCUT2D eigenvalue weighted by molar-refractivity contribution is 7.11. The minimum Gasteiger partial charge on any atom is -1.00 e. The molecule has 0 unspecified atom stereocenters. The summed E-state index contributed by atoms with van der Waals surface area (Å²) in [5.74, 6) is 0. The number of aryl methyl sites for hydroxylation is 2. The number of alkyl halides is 1. The Balaban J connectivity index is 0.00000169. The summed E-state index contributed by atoms with van der Waals surface area (Å²) < 4.78 is 14.2. The first-order valence-electron chi connectivity index (χ1n) is 4.69. The number of hydrogen-bond donors (Lipinski definition) is 0. The second kappa shape index (κ2) is 6.71. The van der Waals surface area contributed by atoms with Crippen LogP contribution >= 0.6 is 11.3 Å². The predicted molar refractivity (Wildman–Crippen MR) is 53.9 cm³/mol. The molecule has 0 saturated carbocycles. The van der Waals surface area contributed by atoms with Gasteiger partial charge in [0.15, 0.2) is 5.69 Å². The van der Waals surface area contributed by atoms with Gasteiger partial charge in [-0.05, 0) is 13.3 Å². The average molecular weight is 329 g/mol. The van der Waals surface area contributed by atoms with E-state index in [0.717, 1.165) is 13.0 Å². The van der Waals surface area contributed by atoms with Crippen molar-refractivity contribution in [3.63, 3.8) is 0 Å². The number of unbranched alkanes of at least 4 members (excludes halogenated alkanes) is 1. The van der Waals surface area contributed by atoms with E-state index in [1.54, 1.807) is 0 Å². The van der Waals surface area contributed by atoms with Crippen LogP contribution < -0.4 is 28.5 Å². The molecule has 0 saturated heterocycles. The van der Waals surface area contributed by atoms with Crippen LogP contribution in [0.1, 0.15) is 28.4 Å². The molecule has 0 fully saturated rings. The molecule has 0 aliphatic heterocycles. The van der Waals surface area contributed by atoms with Gasteiger partial charge in [-0.25, -0.2) is 0 Å². The molecule has 1 nitrogen and oxygen atoms in total. The first kappa shape index (κ1) is 14.3. The number of hydrogen-bond acceptors (Lipinski definition) is 1. The second-order valence-corrected chi connectivity index (χ2v) is 4.72. The van der Waals surface area contributed by atoms with E-state index in [2.05, 4.69) is 25.3 Å². The van der Waals surface area contributed by atoms with Gasteiger partial charge in [-0.2, -0.15) is 4.57 Å². The van der Waals surface area contributed by atoms with Gasteiger partial charge in [0.1, 0.15) is 6.54 Å². The van der Waals surface area contributed by atoms with Crippen LogP contribution in [0.25, 0.3) is 0 Å². The van der Waals surface area contributed by atoms with Crippen molar-refractivity contribution >= 4 is 11.3 Å². The van der Waals surface area contributed by atoms with E-state index in [1.807, 2.05) is 11.3 Å². The van der Waals surface area contributed by atoms with E-state index in [0.29, 0.717) is 6.42 Å². The Morgan fingerprint density at radius 1 is 1.21 bits per heavy atom. The van der Waals surface area contributed by atoms with E-state index in [4.69, 9.17) is 0 Å². The standard InChI is InChI=1S/C10H17FNS.HI/c1-8-9(2)13-10(3)12(8)7-5-4-6-11;/h4-7H2,1-3H3;1H/q+1;/p-1. The Kier molecular flexibility index (Phi) is 6.85. The highest BCUT2D eigenvalue weighted by Gasteiger charge is 2.16. The van der Waals surface area contributed by atoms with E-state index in [1.165, 1.54) is 15.6 Å². The summed E-state index contributed by atoms with van der Waals surface area (Å²) >= 11 is 1.82. The van der Waals surface area contributed by atoms with E-state index in [9.17, 15) is 4.39 Å². The fourth-order valence-corrected chi connectivity index (χ4v) is 2.51. The summed E-state index contributed by atoms with van der Waals surface area (Å²) in [6, 6.07) is 0. The summed E-state index contributed by atoms with van der Waals surface area (Å²) in [5, 5.41) is 1.33. The van der Waals surface area contributed by atoms with Crippen LogP contribution in [0.2, 0.25) is 0 Å². The van der Waals surface area contributed by atoms with Gasteiger partial charge in [0, 0.05) is 20.3 Å². The molecule has 1 aromatic heterocycles. The smallest absolute Gasteiger partial charge is 0.234 e. The summed E-state index contributed by atoms with van der Waals surface area (Å²) in [4.78, 5) is 1.37. The largest absolute Gasteiger partial charge is 1.00 e. The number of halogens is 2. The van der Waals surface area contributed by atoms with Crippen LogP contribution in [-0.2, 0) is 6.54 Å². The Hall–Kier alpha value is 0.290. The lowest BCUT2D eigenvalue weighted by atomic mass is 10.3. The van der Waals surface area contributed by atoms with Crippen molar-refractivity contribution < 1.29 is 32.9 Å². The molecule has 14 heavy (non-hydrogen) atoms. The highest BCUT2D eigenvalue weighted by Crippen LogP contribution is 2.13. The molecule has 1 aromatic rings. The van der Waals surface area contributed by atoms with Gasteiger partial charge in [0.25, 0.3) is 0 Å². The molecule has 0 radical (unpaired) electrons. The van der Waals surface area contributed by atoms with E-state index < -0.39 is 0 Å². The molecule has 4 heteroatoms. The first-order valence-corrected chi connectivity index (χ1v) is 5.51. The SMILES string of the molecule is Cc1sc(C)[n+](CCCCF)c1C.[I-]. The van der Waals surface area contributed by atoms with Gasteiger partial charge in [0.05, 0.1) is 11.6 Å². The first-order chi connectivity index (χ1) is 6.16. The fourth-order valence-electron chi connectivity index (χ4n) is 1.47. The highest BCUT2D eigenvalue weighted by atomic mass is 127. The van der Waals surface area contributed by atoms with Gasteiger partial charge in [-0.3, -0.25) is 4.39 Å². The van der Waals surface area contributed by atoms with Crippen LogP contribution in [0.3, 0.4) is 0 Å². The van der Waals surface area contributed by atoms with Gasteiger partial charge in [-0.15, -0.1) is 0 Å². The van der Waals surface area contributed by atoms with Crippen molar-refractivity contribution in [2.24, 2.45) is 0 Å².